The molecule has 0 aliphatic heterocycles. The fourth-order valence-electron chi connectivity index (χ4n) is 1.80. The minimum Gasteiger partial charge on any atom is -0.246 e. The van der Waals surface area contributed by atoms with Crippen LogP contribution in [0, 0.1) is 0 Å². The molecule has 0 saturated carbocycles. The molecule has 0 heterocycles. The molecule has 2 rings (SSSR count). The number of hydrogen-bond donors (Lipinski definition) is 1. The number of hydrogen-bond acceptors (Lipinski definition) is 2. The van der Waals surface area contributed by atoms with E-state index in [9.17, 15) is 12.8 Å². The van der Waals surface area contributed by atoms with Gasteiger partial charge in [-0.15, -0.1) is 0 Å². The van der Waals surface area contributed by atoms with E-state index < -0.39 is 16.7 Å². The van der Waals surface area contributed by atoms with Crippen molar-refractivity contribution in [1.29, 1.82) is 0 Å². The van der Waals surface area contributed by atoms with Gasteiger partial charge < -0.3 is 0 Å². The molecule has 0 aromatic heterocycles. The zero-order valence-electron chi connectivity index (χ0n) is 11.4. The maximum absolute atomic E-state index is 12.4. The average Bonchev–Trinajstić information content (AvgIpc) is 2.53. The van der Waals surface area contributed by atoms with E-state index >= 15 is 0 Å². The third-order valence-corrected chi connectivity index (χ3v) is 4.46. The predicted molar refractivity (Wildman–Crippen MR) is 81.9 cm³/mol. The van der Waals surface area contributed by atoms with Crippen LogP contribution in [0.5, 0.6) is 0 Å². The summed E-state index contributed by atoms with van der Waals surface area (Å²) in [5.41, 5.74) is 2.01. The van der Waals surface area contributed by atoms with Gasteiger partial charge in [0.05, 0.1) is 4.90 Å². The summed E-state index contributed by atoms with van der Waals surface area (Å²) >= 11 is 0. The van der Waals surface area contributed by atoms with E-state index in [1.54, 1.807) is 0 Å². The SMILES string of the molecule is C=C(CNS(=O)(=O)c1ccc(CF)cc1)c1ccccc1. The van der Waals surface area contributed by atoms with Crippen molar-refractivity contribution in [2.75, 3.05) is 6.54 Å². The largest absolute Gasteiger partial charge is 0.246 e. The topological polar surface area (TPSA) is 46.2 Å². The van der Waals surface area contributed by atoms with Crippen molar-refractivity contribution < 1.29 is 12.8 Å². The number of rotatable bonds is 6. The normalized spacial score (nSPS) is 11.3. The van der Waals surface area contributed by atoms with Gasteiger partial charge in [-0.05, 0) is 28.8 Å². The lowest BCUT2D eigenvalue weighted by Crippen LogP contribution is -2.25. The Morgan fingerprint density at radius 2 is 1.67 bits per heavy atom. The first-order valence-corrected chi connectivity index (χ1v) is 7.89. The highest BCUT2D eigenvalue weighted by atomic mass is 32.2. The number of sulfonamides is 1. The minimum atomic E-state index is -3.62. The van der Waals surface area contributed by atoms with Crippen LogP contribution in [0.1, 0.15) is 11.1 Å². The van der Waals surface area contributed by atoms with Gasteiger partial charge in [-0.2, -0.15) is 0 Å². The maximum Gasteiger partial charge on any atom is 0.240 e. The molecule has 0 aliphatic carbocycles. The Morgan fingerprint density at radius 3 is 2.24 bits per heavy atom. The van der Waals surface area contributed by atoms with E-state index in [-0.39, 0.29) is 11.4 Å². The van der Waals surface area contributed by atoms with Crippen LogP contribution >= 0.6 is 0 Å². The summed E-state index contributed by atoms with van der Waals surface area (Å²) in [7, 11) is -3.62. The second-order valence-electron chi connectivity index (χ2n) is 4.57. The molecule has 5 heteroatoms. The van der Waals surface area contributed by atoms with Gasteiger partial charge in [0.15, 0.2) is 0 Å². The van der Waals surface area contributed by atoms with Crippen LogP contribution < -0.4 is 4.72 Å². The summed E-state index contributed by atoms with van der Waals surface area (Å²) in [5, 5.41) is 0. The maximum atomic E-state index is 12.4. The van der Waals surface area contributed by atoms with Gasteiger partial charge in [-0.25, -0.2) is 17.5 Å². The molecule has 110 valence electrons. The van der Waals surface area contributed by atoms with Crippen LogP contribution in [-0.4, -0.2) is 15.0 Å². The molecule has 0 amide bonds. The van der Waals surface area contributed by atoms with E-state index in [0.717, 1.165) is 5.56 Å². The fraction of sp³-hybridized carbons (Fsp3) is 0.125. The first-order chi connectivity index (χ1) is 10.0. The molecule has 0 saturated heterocycles. The van der Waals surface area contributed by atoms with Crippen molar-refractivity contribution in [1.82, 2.24) is 4.72 Å². The predicted octanol–water partition coefficient (Wildman–Crippen LogP) is 3.15. The number of nitrogens with one attached hydrogen (secondary N) is 1. The van der Waals surface area contributed by atoms with Crippen molar-refractivity contribution >= 4 is 15.6 Å². The summed E-state index contributed by atoms with van der Waals surface area (Å²) in [6.45, 7) is 3.38. The van der Waals surface area contributed by atoms with E-state index in [1.807, 2.05) is 30.3 Å². The van der Waals surface area contributed by atoms with Gasteiger partial charge >= 0.3 is 0 Å². The van der Waals surface area contributed by atoms with Gasteiger partial charge in [0.2, 0.25) is 10.0 Å². The molecule has 21 heavy (non-hydrogen) atoms. The summed E-state index contributed by atoms with van der Waals surface area (Å²) in [5.74, 6) is 0. The van der Waals surface area contributed by atoms with Crippen LogP contribution in [0.25, 0.3) is 5.57 Å². The fourth-order valence-corrected chi connectivity index (χ4v) is 2.82. The lowest BCUT2D eigenvalue weighted by Gasteiger charge is -2.09. The van der Waals surface area contributed by atoms with Crippen molar-refractivity contribution in [2.24, 2.45) is 0 Å². The lowest BCUT2D eigenvalue weighted by molar-refractivity contribution is 0.485. The summed E-state index contributed by atoms with van der Waals surface area (Å²) < 4.78 is 39.2. The summed E-state index contributed by atoms with van der Waals surface area (Å²) in [4.78, 5) is 0.112. The van der Waals surface area contributed by atoms with Crippen LogP contribution in [-0.2, 0) is 16.7 Å². The molecular formula is C16H16FNO2S. The van der Waals surface area contributed by atoms with Crippen molar-refractivity contribution in [3.63, 3.8) is 0 Å². The molecule has 3 nitrogen and oxygen atoms in total. The molecule has 0 spiro atoms. The standard InChI is InChI=1S/C16H16FNO2S/c1-13(15-5-3-2-4-6-15)12-18-21(19,20)16-9-7-14(11-17)8-10-16/h2-10,18H,1,11-12H2. The molecular weight excluding hydrogens is 289 g/mol. The molecule has 0 unspecified atom stereocenters. The Kier molecular flexibility index (Phi) is 4.88. The van der Waals surface area contributed by atoms with E-state index in [1.165, 1.54) is 24.3 Å². The average molecular weight is 305 g/mol. The van der Waals surface area contributed by atoms with Gasteiger partial charge in [0.1, 0.15) is 6.67 Å². The van der Waals surface area contributed by atoms with Gasteiger partial charge in [-0.1, -0.05) is 49.0 Å². The first-order valence-electron chi connectivity index (χ1n) is 6.41. The van der Waals surface area contributed by atoms with E-state index in [0.29, 0.717) is 11.1 Å². The van der Waals surface area contributed by atoms with Crippen LogP contribution in [0.2, 0.25) is 0 Å². The zero-order chi connectivity index (χ0) is 15.3. The van der Waals surface area contributed by atoms with Crippen LogP contribution in [0.3, 0.4) is 0 Å². The third-order valence-electron chi connectivity index (χ3n) is 3.05. The number of halogens is 1. The first kappa shape index (κ1) is 15.4. The monoisotopic (exact) mass is 305 g/mol. The molecule has 0 bridgehead atoms. The molecule has 0 radical (unpaired) electrons. The Labute approximate surface area is 124 Å². The molecule has 2 aromatic carbocycles. The Balaban J connectivity index is 2.05. The summed E-state index contributed by atoms with van der Waals surface area (Å²) in [6, 6.07) is 15.0. The lowest BCUT2D eigenvalue weighted by atomic mass is 10.1. The number of alkyl halides is 1. The van der Waals surface area contributed by atoms with Crippen molar-refractivity contribution in [3.8, 4) is 0 Å². The zero-order valence-corrected chi connectivity index (χ0v) is 12.2. The second kappa shape index (κ2) is 6.65. The molecule has 0 aliphatic rings. The van der Waals surface area contributed by atoms with Gasteiger partial charge in [-0.3, -0.25) is 0 Å². The van der Waals surface area contributed by atoms with E-state index in [2.05, 4.69) is 11.3 Å². The molecule has 2 aromatic rings. The second-order valence-corrected chi connectivity index (χ2v) is 6.34. The Hall–Kier alpha value is -1.98. The van der Waals surface area contributed by atoms with Crippen LogP contribution in [0.15, 0.2) is 66.1 Å². The smallest absolute Gasteiger partial charge is 0.240 e. The third kappa shape index (κ3) is 4.00. The Morgan fingerprint density at radius 1 is 1.05 bits per heavy atom. The van der Waals surface area contributed by atoms with Crippen molar-refractivity contribution in [2.45, 2.75) is 11.6 Å². The Bertz CT molecular complexity index is 710. The highest BCUT2D eigenvalue weighted by molar-refractivity contribution is 7.89. The highest BCUT2D eigenvalue weighted by Crippen LogP contribution is 2.14. The van der Waals surface area contributed by atoms with Crippen molar-refractivity contribution in [3.05, 3.63) is 72.3 Å². The molecule has 0 atom stereocenters. The molecule has 1 N–H and O–H groups in total. The number of benzene rings is 2. The molecule has 0 fully saturated rings. The minimum absolute atomic E-state index is 0.112. The highest BCUT2D eigenvalue weighted by Gasteiger charge is 2.14. The van der Waals surface area contributed by atoms with E-state index in [4.69, 9.17) is 0 Å². The van der Waals surface area contributed by atoms with Gasteiger partial charge in [0, 0.05) is 6.54 Å². The van der Waals surface area contributed by atoms with Gasteiger partial charge in [0.25, 0.3) is 0 Å². The van der Waals surface area contributed by atoms with Crippen LogP contribution in [0.4, 0.5) is 4.39 Å². The quantitative estimate of drug-likeness (QED) is 0.891. The summed E-state index contributed by atoms with van der Waals surface area (Å²) in [6.07, 6.45) is 0.